The molecule has 0 unspecified atom stereocenters. The number of carboxylic acid groups (broad SMARTS) is 1. The van der Waals surface area contributed by atoms with Crippen molar-refractivity contribution in [2.24, 2.45) is 0 Å². The van der Waals surface area contributed by atoms with E-state index in [9.17, 15) is 13.2 Å². The molecule has 0 fully saturated rings. The number of hydrogen-bond donors (Lipinski definition) is 1. The molecule has 0 saturated carbocycles. The summed E-state index contributed by atoms with van der Waals surface area (Å²) in [5, 5.41) is 9.00. The van der Waals surface area contributed by atoms with Gasteiger partial charge in [-0.1, -0.05) is 6.92 Å². The Morgan fingerprint density at radius 3 is 2.65 bits per heavy atom. The summed E-state index contributed by atoms with van der Waals surface area (Å²) < 4.78 is 24.3. The van der Waals surface area contributed by atoms with Crippen LogP contribution in [0.15, 0.2) is 18.5 Å². The second-order valence-electron chi connectivity index (χ2n) is 3.53. The van der Waals surface area contributed by atoms with E-state index in [1.807, 2.05) is 6.92 Å². The monoisotopic (exact) mass is 258 g/mol. The number of pyridine rings is 1. The highest BCUT2D eigenvalue weighted by Crippen LogP contribution is 2.21. The first-order valence-electron chi connectivity index (χ1n) is 5.03. The summed E-state index contributed by atoms with van der Waals surface area (Å²) in [7, 11) is -3.51. The molecule has 0 bridgehead atoms. The first-order chi connectivity index (χ1) is 7.88. The minimum atomic E-state index is -3.51. The van der Waals surface area contributed by atoms with Crippen LogP contribution in [-0.2, 0) is 10.0 Å². The molecule has 0 aromatic carbocycles. The maximum absolute atomic E-state index is 11.6. The normalized spacial score (nSPS) is 11.2. The lowest BCUT2D eigenvalue weighted by Crippen LogP contribution is -2.32. The largest absolute Gasteiger partial charge is 0.478 e. The number of carboxylic acids is 1. The number of carbonyl (C=O) groups is 1. The maximum Gasteiger partial charge on any atom is 0.337 e. The molecule has 0 aliphatic heterocycles. The van der Waals surface area contributed by atoms with E-state index < -0.39 is 16.0 Å². The standard InChI is InChI=1S/C10H14N2O4S/c1-3-6-12(17(2,15)16)9-7-11-5-4-8(9)10(13)14/h4-5,7H,3,6H2,1-2H3,(H,13,14). The Hall–Kier alpha value is -1.63. The Bertz CT molecular complexity index is 513. The van der Waals surface area contributed by atoms with Gasteiger partial charge < -0.3 is 5.11 Å². The maximum atomic E-state index is 11.6. The van der Waals surface area contributed by atoms with Gasteiger partial charge in [0.25, 0.3) is 0 Å². The minimum absolute atomic E-state index is 0.0705. The zero-order chi connectivity index (χ0) is 13.1. The van der Waals surface area contributed by atoms with Gasteiger partial charge >= 0.3 is 5.97 Å². The zero-order valence-electron chi connectivity index (χ0n) is 9.62. The molecule has 0 amide bonds. The number of nitrogens with zero attached hydrogens (tertiary/aromatic N) is 2. The number of aromatic nitrogens is 1. The van der Waals surface area contributed by atoms with Gasteiger partial charge in [-0.3, -0.25) is 9.29 Å². The average molecular weight is 258 g/mol. The van der Waals surface area contributed by atoms with E-state index >= 15 is 0 Å². The molecule has 17 heavy (non-hydrogen) atoms. The summed E-state index contributed by atoms with van der Waals surface area (Å²) in [5.41, 5.74) is 0.0308. The second kappa shape index (κ2) is 5.13. The summed E-state index contributed by atoms with van der Waals surface area (Å²) in [4.78, 5) is 14.8. The van der Waals surface area contributed by atoms with E-state index in [0.29, 0.717) is 6.42 Å². The van der Waals surface area contributed by atoms with Gasteiger partial charge in [-0.25, -0.2) is 13.2 Å². The second-order valence-corrected chi connectivity index (χ2v) is 5.44. The van der Waals surface area contributed by atoms with Crippen molar-refractivity contribution < 1.29 is 18.3 Å². The fourth-order valence-corrected chi connectivity index (χ4v) is 2.45. The van der Waals surface area contributed by atoms with Crippen LogP contribution in [0.5, 0.6) is 0 Å². The van der Waals surface area contributed by atoms with E-state index in [4.69, 9.17) is 5.11 Å². The van der Waals surface area contributed by atoms with Crippen molar-refractivity contribution in [3.8, 4) is 0 Å². The van der Waals surface area contributed by atoms with Gasteiger partial charge in [0, 0.05) is 12.7 Å². The van der Waals surface area contributed by atoms with Gasteiger partial charge in [0.05, 0.1) is 23.7 Å². The van der Waals surface area contributed by atoms with Crippen LogP contribution in [0.3, 0.4) is 0 Å². The summed E-state index contributed by atoms with van der Waals surface area (Å²) >= 11 is 0. The SMILES string of the molecule is CCCN(c1cnccc1C(=O)O)S(C)(=O)=O. The highest BCUT2D eigenvalue weighted by Gasteiger charge is 2.22. The Morgan fingerprint density at radius 2 is 2.18 bits per heavy atom. The Morgan fingerprint density at radius 1 is 1.53 bits per heavy atom. The van der Waals surface area contributed by atoms with Crippen LogP contribution in [-0.4, -0.2) is 37.3 Å². The van der Waals surface area contributed by atoms with Crippen LogP contribution >= 0.6 is 0 Å². The highest BCUT2D eigenvalue weighted by molar-refractivity contribution is 7.92. The molecule has 0 aliphatic carbocycles. The van der Waals surface area contributed by atoms with Crippen LogP contribution in [0.2, 0.25) is 0 Å². The smallest absolute Gasteiger partial charge is 0.337 e. The van der Waals surface area contributed by atoms with Crippen molar-refractivity contribution in [2.75, 3.05) is 17.1 Å². The van der Waals surface area contributed by atoms with Gasteiger partial charge in [-0.15, -0.1) is 0 Å². The first kappa shape index (κ1) is 13.4. The van der Waals surface area contributed by atoms with Gasteiger partial charge in [0.1, 0.15) is 0 Å². The van der Waals surface area contributed by atoms with Crippen LogP contribution in [0, 0.1) is 0 Å². The molecule has 0 spiro atoms. The van der Waals surface area contributed by atoms with E-state index in [0.717, 1.165) is 10.6 Å². The number of rotatable bonds is 5. The molecule has 1 aromatic heterocycles. The van der Waals surface area contributed by atoms with Crippen molar-refractivity contribution >= 4 is 21.7 Å². The third kappa shape index (κ3) is 3.16. The third-order valence-corrected chi connectivity index (χ3v) is 3.31. The van der Waals surface area contributed by atoms with Crippen molar-refractivity contribution in [1.29, 1.82) is 0 Å². The van der Waals surface area contributed by atoms with Gasteiger partial charge in [-0.2, -0.15) is 0 Å². The quantitative estimate of drug-likeness (QED) is 0.849. The van der Waals surface area contributed by atoms with Crippen LogP contribution in [0.1, 0.15) is 23.7 Å². The average Bonchev–Trinajstić information content (AvgIpc) is 2.24. The first-order valence-corrected chi connectivity index (χ1v) is 6.87. The molecule has 1 aromatic rings. The summed E-state index contributed by atoms with van der Waals surface area (Å²) in [6.07, 6.45) is 4.20. The molecule has 6 nitrogen and oxygen atoms in total. The molecule has 0 radical (unpaired) electrons. The topological polar surface area (TPSA) is 87.6 Å². The molecule has 1 N–H and O–H groups in total. The molecular weight excluding hydrogens is 244 g/mol. The van der Waals surface area contributed by atoms with Gasteiger partial charge in [0.2, 0.25) is 10.0 Å². The third-order valence-electron chi connectivity index (χ3n) is 2.13. The molecule has 7 heteroatoms. The van der Waals surface area contributed by atoms with Crippen molar-refractivity contribution in [3.05, 3.63) is 24.0 Å². The van der Waals surface area contributed by atoms with Gasteiger partial charge in [0.15, 0.2) is 0 Å². The van der Waals surface area contributed by atoms with E-state index in [-0.39, 0.29) is 17.8 Å². The molecule has 1 heterocycles. The van der Waals surface area contributed by atoms with Crippen LogP contribution in [0.4, 0.5) is 5.69 Å². The molecule has 0 saturated heterocycles. The Kier molecular flexibility index (Phi) is 4.06. The molecule has 0 aliphatic rings. The van der Waals surface area contributed by atoms with Crippen molar-refractivity contribution in [2.45, 2.75) is 13.3 Å². The van der Waals surface area contributed by atoms with Crippen molar-refractivity contribution in [1.82, 2.24) is 4.98 Å². The summed E-state index contributed by atoms with van der Waals surface area (Å²) in [5.74, 6) is -1.17. The van der Waals surface area contributed by atoms with E-state index in [1.165, 1.54) is 18.5 Å². The van der Waals surface area contributed by atoms with Crippen LogP contribution < -0.4 is 4.31 Å². The summed E-state index contributed by atoms with van der Waals surface area (Å²) in [6, 6.07) is 1.28. The Labute approximate surface area is 100.0 Å². The number of anilines is 1. The molecule has 1 rings (SSSR count). The highest BCUT2D eigenvalue weighted by atomic mass is 32.2. The lowest BCUT2D eigenvalue weighted by molar-refractivity contribution is 0.0697. The Balaban J connectivity index is 3.33. The number of sulfonamides is 1. The van der Waals surface area contributed by atoms with Crippen LogP contribution in [0.25, 0.3) is 0 Å². The molecular formula is C10H14N2O4S. The number of aromatic carboxylic acids is 1. The molecule has 0 atom stereocenters. The molecule has 94 valence electrons. The fourth-order valence-electron chi connectivity index (χ4n) is 1.43. The predicted octanol–water partition coefficient (Wildman–Crippen LogP) is 0.956. The minimum Gasteiger partial charge on any atom is -0.478 e. The lowest BCUT2D eigenvalue weighted by Gasteiger charge is -2.22. The lowest BCUT2D eigenvalue weighted by atomic mass is 10.2. The van der Waals surface area contributed by atoms with E-state index in [1.54, 1.807) is 0 Å². The van der Waals surface area contributed by atoms with Gasteiger partial charge in [-0.05, 0) is 12.5 Å². The van der Waals surface area contributed by atoms with Crippen molar-refractivity contribution in [3.63, 3.8) is 0 Å². The zero-order valence-corrected chi connectivity index (χ0v) is 10.4. The fraction of sp³-hybridized carbons (Fsp3) is 0.400. The van der Waals surface area contributed by atoms with E-state index in [2.05, 4.69) is 4.98 Å². The number of hydrogen-bond acceptors (Lipinski definition) is 4. The summed E-state index contributed by atoms with van der Waals surface area (Å²) in [6.45, 7) is 2.04. The predicted molar refractivity (Wildman–Crippen MR) is 63.7 cm³/mol.